The molecule has 2 bridgehead atoms. The van der Waals surface area contributed by atoms with E-state index in [9.17, 15) is 4.79 Å². The molecule has 1 amide bonds. The van der Waals surface area contributed by atoms with Gasteiger partial charge in [-0.25, -0.2) is 0 Å². The Labute approximate surface area is 136 Å². The molecule has 0 unspecified atom stereocenters. The summed E-state index contributed by atoms with van der Waals surface area (Å²) in [6, 6.07) is 6.53. The van der Waals surface area contributed by atoms with Gasteiger partial charge < -0.3 is 10.3 Å². The van der Waals surface area contributed by atoms with Gasteiger partial charge in [0.2, 0.25) is 0 Å². The highest BCUT2D eigenvalue weighted by atomic mass is 16.1. The van der Waals surface area contributed by atoms with E-state index in [-0.39, 0.29) is 11.9 Å². The molecular weight excluding hydrogens is 288 g/mol. The van der Waals surface area contributed by atoms with Gasteiger partial charge in [-0.05, 0) is 56.0 Å². The Hall–Kier alpha value is -2.14. The van der Waals surface area contributed by atoms with E-state index in [1.54, 1.807) is 12.4 Å². The highest BCUT2D eigenvalue weighted by Gasteiger charge is 2.42. The molecule has 23 heavy (non-hydrogen) atoms. The van der Waals surface area contributed by atoms with E-state index in [4.69, 9.17) is 0 Å². The first-order chi connectivity index (χ1) is 11.3. The lowest BCUT2D eigenvalue weighted by Gasteiger charge is -2.51. The normalized spacial score (nSPS) is 29.4. The summed E-state index contributed by atoms with van der Waals surface area (Å²) in [7, 11) is 0. The fraction of sp³-hybridized carbons (Fsp3) is 0.444. The third-order valence-electron chi connectivity index (χ3n) is 5.29. The smallest absolute Gasteiger partial charge is 0.253 e. The van der Waals surface area contributed by atoms with E-state index >= 15 is 0 Å². The molecule has 2 aromatic rings. The number of aromatic amines is 1. The van der Waals surface area contributed by atoms with Crippen LogP contribution < -0.4 is 5.32 Å². The lowest BCUT2D eigenvalue weighted by molar-refractivity contribution is 0.0136. The lowest BCUT2D eigenvalue weighted by Crippen LogP contribution is -2.64. The molecule has 5 rings (SSSR count). The number of aromatic nitrogens is 2. The molecular formula is C18H22N4O. The molecule has 0 aromatic carbocycles. The maximum Gasteiger partial charge on any atom is 0.253 e. The number of H-pyrrole nitrogens is 1. The second-order valence-electron chi connectivity index (χ2n) is 6.61. The first-order valence-electron chi connectivity index (χ1n) is 8.38. The number of pyridine rings is 1. The van der Waals surface area contributed by atoms with Gasteiger partial charge in [0.25, 0.3) is 5.91 Å². The molecule has 0 radical (unpaired) electrons. The molecule has 5 heterocycles. The number of hydrogen-bond donors (Lipinski definition) is 2. The van der Waals surface area contributed by atoms with Crippen LogP contribution in [-0.2, 0) is 6.42 Å². The number of rotatable bonds is 4. The molecule has 0 saturated carbocycles. The number of piperidine rings is 3. The Balaban J connectivity index is 1.53. The average molecular weight is 310 g/mol. The molecule has 2 aromatic heterocycles. The van der Waals surface area contributed by atoms with Crippen molar-refractivity contribution in [3.8, 4) is 0 Å². The molecule has 3 aliphatic rings. The fourth-order valence-electron chi connectivity index (χ4n) is 4.08. The van der Waals surface area contributed by atoms with E-state index in [1.165, 1.54) is 18.4 Å². The molecule has 5 nitrogen and oxygen atoms in total. The number of amides is 1. The standard InChI is InChI=1S/C18H22N4O/c23-18(15-3-7-20-12-15)21-17-14-4-8-22(9-5-14)16(17)10-13-2-1-6-19-11-13/h1-3,6-7,11-12,14,16-17,20H,4-5,8-10H2,(H,21,23)/t16-,17+/m0/s1. The maximum absolute atomic E-state index is 12.5. The number of carbonyl (C=O) groups excluding carboxylic acids is 1. The van der Waals surface area contributed by atoms with Gasteiger partial charge in [0.05, 0.1) is 5.56 Å². The number of fused-ring (bicyclic) bond motifs is 3. The first kappa shape index (κ1) is 14.5. The van der Waals surface area contributed by atoms with E-state index in [0.717, 1.165) is 19.5 Å². The predicted octanol–water partition coefficient (Wildman–Crippen LogP) is 1.84. The minimum atomic E-state index is 0.0289. The van der Waals surface area contributed by atoms with Crippen LogP contribution in [0.3, 0.4) is 0 Å². The zero-order valence-electron chi connectivity index (χ0n) is 13.1. The zero-order valence-corrected chi connectivity index (χ0v) is 13.1. The van der Waals surface area contributed by atoms with Crippen molar-refractivity contribution in [2.45, 2.75) is 31.3 Å². The average Bonchev–Trinajstić information content (AvgIpc) is 3.13. The Bertz CT molecular complexity index is 647. The van der Waals surface area contributed by atoms with Gasteiger partial charge in [-0.3, -0.25) is 14.7 Å². The zero-order chi connectivity index (χ0) is 15.6. The molecule has 3 aliphatic heterocycles. The van der Waals surface area contributed by atoms with Crippen molar-refractivity contribution in [2.75, 3.05) is 13.1 Å². The van der Waals surface area contributed by atoms with Crippen LogP contribution in [-0.4, -0.2) is 45.9 Å². The molecule has 0 aliphatic carbocycles. The number of carbonyl (C=O) groups is 1. The van der Waals surface area contributed by atoms with Gasteiger partial charge in [0.1, 0.15) is 0 Å². The summed E-state index contributed by atoms with van der Waals surface area (Å²) in [4.78, 5) is 22.2. The molecule has 2 N–H and O–H groups in total. The Morgan fingerprint density at radius 1 is 1.35 bits per heavy atom. The summed E-state index contributed by atoms with van der Waals surface area (Å²) in [6.45, 7) is 2.29. The number of nitrogens with zero attached hydrogens (tertiary/aromatic N) is 2. The van der Waals surface area contributed by atoms with Gasteiger partial charge in [0, 0.05) is 36.9 Å². The minimum Gasteiger partial charge on any atom is -0.367 e. The van der Waals surface area contributed by atoms with E-state index < -0.39 is 0 Å². The fourth-order valence-corrected chi connectivity index (χ4v) is 4.08. The van der Waals surface area contributed by atoms with Crippen molar-refractivity contribution >= 4 is 5.91 Å². The third kappa shape index (κ3) is 2.88. The van der Waals surface area contributed by atoms with E-state index in [2.05, 4.69) is 26.3 Å². The van der Waals surface area contributed by atoms with Gasteiger partial charge in [-0.2, -0.15) is 0 Å². The predicted molar refractivity (Wildman–Crippen MR) is 88.1 cm³/mol. The summed E-state index contributed by atoms with van der Waals surface area (Å²) < 4.78 is 0. The van der Waals surface area contributed by atoms with Crippen LogP contribution in [0.5, 0.6) is 0 Å². The summed E-state index contributed by atoms with van der Waals surface area (Å²) in [5.74, 6) is 0.616. The van der Waals surface area contributed by atoms with Gasteiger partial charge >= 0.3 is 0 Å². The van der Waals surface area contributed by atoms with Gasteiger partial charge in [-0.15, -0.1) is 0 Å². The first-order valence-corrected chi connectivity index (χ1v) is 8.38. The van der Waals surface area contributed by atoms with Crippen molar-refractivity contribution in [1.29, 1.82) is 0 Å². The van der Waals surface area contributed by atoms with Crippen LogP contribution in [0.1, 0.15) is 28.8 Å². The Morgan fingerprint density at radius 3 is 2.91 bits per heavy atom. The van der Waals surface area contributed by atoms with Crippen LogP contribution in [0.2, 0.25) is 0 Å². The number of nitrogens with one attached hydrogen (secondary N) is 2. The highest BCUT2D eigenvalue weighted by molar-refractivity contribution is 5.94. The summed E-state index contributed by atoms with van der Waals surface area (Å²) in [5.41, 5.74) is 1.95. The van der Waals surface area contributed by atoms with Crippen molar-refractivity contribution in [3.05, 3.63) is 54.1 Å². The van der Waals surface area contributed by atoms with Crippen molar-refractivity contribution in [2.24, 2.45) is 5.92 Å². The van der Waals surface area contributed by atoms with Crippen molar-refractivity contribution in [1.82, 2.24) is 20.2 Å². The molecule has 3 fully saturated rings. The third-order valence-corrected chi connectivity index (χ3v) is 5.29. The molecule has 0 spiro atoms. The monoisotopic (exact) mass is 310 g/mol. The highest BCUT2D eigenvalue weighted by Crippen LogP contribution is 2.34. The summed E-state index contributed by atoms with van der Waals surface area (Å²) >= 11 is 0. The van der Waals surface area contributed by atoms with Gasteiger partial charge in [0.15, 0.2) is 0 Å². The largest absolute Gasteiger partial charge is 0.367 e. The molecule has 3 saturated heterocycles. The van der Waals surface area contributed by atoms with Crippen LogP contribution in [0.25, 0.3) is 0 Å². The molecule has 5 heteroatoms. The topological polar surface area (TPSA) is 61.0 Å². The van der Waals surface area contributed by atoms with Gasteiger partial charge in [-0.1, -0.05) is 6.07 Å². The van der Waals surface area contributed by atoms with Crippen LogP contribution in [0.15, 0.2) is 43.0 Å². The van der Waals surface area contributed by atoms with Crippen LogP contribution in [0.4, 0.5) is 0 Å². The summed E-state index contributed by atoms with van der Waals surface area (Å²) in [6.07, 6.45) is 10.6. The van der Waals surface area contributed by atoms with Crippen molar-refractivity contribution < 1.29 is 4.79 Å². The summed E-state index contributed by atoms with van der Waals surface area (Å²) in [5, 5.41) is 3.30. The van der Waals surface area contributed by atoms with E-state index in [1.807, 2.05) is 24.5 Å². The number of hydrogen-bond acceptors (Lipinski definition) is 3. The second-order valence-corrected chi connectivity index (χ2v) is 6.61. The molecule has 2 atom stereocenters. The molecule has 120 valence electrons. The van der Waals surface area contributed by atoms with E-state index in [0.29, 0.717) is 17.5 Å². The quantitative estimate of drug-likeness (QED) is 0.906. The van der Waals surface area contributed by atoms with Crippen molar-refractivity contribution in [3.63, 3.8) is 0 Å². The minimum absolute atomic E-state index is 0.0289. The second kappa shape index (κ2) is 6.16. The van der Waals surface area contributed by atoms with Crippen LogP contribution >= 0.6 is 0 Å². The Morgan fingerprint density at radius 2 is 2.22 bits per heavy atom. The maximum atomic E-state index is 12.5. The Kier molecular flexibility index (Phi) is 3.87. The SMILES string of the molecule is O=C(N[C@@H]1C2CCN(CC2)[C@H]1Cc1cccnc1)c1cc[nH]c1. The lowest BCUT2D eigenvalue weighted by atomic mass is 9.76. The van der Waals surface area contributed by atoms with Crippen LogP contribution in [0, 0.1) is 5.92 Å².